The van der Waals surface area contributed by atoms with Gasteiger partial charge in [0.15, 0.2) is 0 Å². The summed E-state index contributed by atoms with van der Waals surface area (Å²) in [6.07, 6.45) is 4.17. The fourth-order valence-corrected chi connectivity index (χ4v) is 2.46. The maximum absolute atomic E-state index is 13.2. The largest absolute Gasteiger partial charge is 0.306 e. The van der Waals surface area contributed by atoms with Gasteiger partial charge >= 0.3 is 0 Å². The zero-order chi connectivity index (χ0) is 12.5. The molecule has 1 aromatic rings. The van der Waals surface area contributed by atoms with Crippen LogP contribution in [0.3, 0.4) is 0 Å². The van der Waals surface area contributed by atoms with Crippen molar-refractivity contribution in [1.82, 2.24) is 5.32 Å². The number of benzene rings is 1. The first-order chi connectivity index (χ1) is 8.03. The zero-order valence-electron chi connectivity index (χ0n) is 10.5. The third-order valence-electron chi connectivity index (χ3n) is 3.82. The molecule has 17 heavy (non-hydrogen) atoms. The summed E-state index contributed by atoms with van der Waals surface area (Å²) in [6.45, 7) is 8.26. The van der Waals surface area contributed by atoms with Crippen molar-refractivity contribution in [3.05, 3.63) is 48.3 Å². The minimum Gasteiger partial charge on any atom is -0.306 e. The van der Waals surface area contributed by atoms with Crippen molar-refractivity contribution in [3.63, 3.8) is 0 Å². The van der Waals surface area contributed by atoms with Crippen molar-refractivity contribution < 1.29 is 4.39 Å². The van der Waals surface area contributed by atoms with Gasteiger partial charge in [-0.25, -0.2) is 4.39 Å². The SMILES string of the molecule is C=CC(C)(C)C1CC[C@@H](c2cccc(F)c2)N1. The van der Waals surface area contributed by atoms with E-state index >= 15 is 0 Å². The van der Waals surface area contributed by atoms with E-state index in [4.69, 9.17) is 0 Å². The lowest BCUT2D eigenvalue weighted by Crippen LogP contribution is -2.36. The molecule has 1 heterocycles. The van der Waals surface area contributed by atoms with Crippen LogP contribution >= 0.6 is 0 Å². The average molecular weight is 233 g/mol. The van der Waals surface area contributed by atoms with Gasteiger partial charge in [-0.3, -0.25) is 0 Å². The molecule has 1 aliphatic heterocycles. The molecule has 1 N–H and O–H groups in total. The summed E-state index contributed by atoms with van der Waals surface area (Å²) < 4.78 is 13.2. The van der Waals surface area contributed by atoms with Crippen LogP contribution in [0.4, 0.5) is 4.39 Å². The summed E-state index contributed by atoms with van der Waals surface area (Å²) in [6, 6.07) is 7.58. The second kappa shape index (κ2) is 4.61. The summed E-state index contributed by atoms with van der Waals surface area (Å²) in [5, 5.41) is 3.59. The second-order valence-corrected chi connectivity index (χ2v) is 5.43. The summed E-state index contributed by atoms with van der Waals surface area (Å²) in [7, 11) is 0. The topological polar surface area (TPSA) is 12.0 Å². The molecule has 2 atom stereocenters. The molecule has 1 fully saturated rings. The molecule has 1 saturated heterocycles. The van der Waals surface area contributed by atoms with E-state index in [-0.39, 0.29) is 17.3 Å². The van der Waals surface area contributed by atoms with Gasteiger partial charge in [0.1, 0.15) is 5.82 Å². The van der Waals surface area contributed by atoms with Gasteiger partial charge < -0.3 is 5.32 Å². The maximum atomic E-state index is 13.2. The van der Waals surface area contributed by atoms with E-state index in [9.17, 15) is 4.39 Å². The Kier molecular flexibility index (Phi) is 3.34. The molecule has 1 nitrogen and oxygen atoms in total. The van der Waals surface area contributed by atoms with Crippen LogP contribution in [0.15, 0.2) is 36.9 Å². The number of rotatable bonds is 3. The summed E-state index contributed by atoms with van der Waals surface area (Å²) in [5.74, 6) is -0.157. The van der Waals surface area contributed by atoms with Crippen LogP contribution in [0.1, 0.15) is 38.3 Å². The molecule has 0 amide bonds. The molecular weight excluding hydrogens is 213 g/mol. The molecule has 0 bridgehead atoms. The summed E-state index contributed by atoms with van der Waals surface area (Å²) in [4.78, 5) is 0. The van der Waals surface area contributed by atoms with Crippen LogP contribution in [0, 0.1) is 11.2 Å². The van der Waals surface area contributed by atoms with Crippen LogP contribution in [0.5, 0.6) is 0 Å². The van der Waals surface area contributed by atoms with Crippen molar-refractivity contribution in [2.24, 2.45) is 5.41 Å². The van der Waals surface area contributed by atoms with Crippen LogP contribution in [-0.4, -0.2) is 6.04 Å². The number of hydrogen-bond donors (Lipinski definition) is 1. The predicted octanol–water partition coefficient (Wildman–Crippen LogP) is 3.83. The Bertz CT molecular complexity index is 411. The van der Waals surface area contributed by atoms with Crippen LogP contribution in [0.2, 0.25) is 0 Å². The van der Waals surface area contributed by atoms with Crippen molar-refractivity contribution in [3.8, 4) is 0 Å². The van der Waals surface area contributed by atoms with E-state index in [0.29, 0.717) is 6.04 Å². The Balaban J connectivity index is 2.10. The summed E-state index contributed by atoms with van der Waals surface area (Å²) in [5.41, 5.74) is 1.13. The quantitative estimate of drug-likeness (QED) is 0.782. The van der Waals surface area contributed by atoms with Crippen molar-refractivity contribution in [2.45, 2.75) is 38.8 Å². The van der Waals surface area contributed by atoms with Gasteiger partial charge in [0.2, 0.25) is 0 Å². The van der Waals surface area contributed by atoms with Gasteiger partial charge in [-0.1, -0.05) is 32.1 Å². The van der Waals surface area contributed by atoms with Gasteiger partial charge in [-0.2, -0.15) is 0 Å². The highest BCUT2D eigenvalue weighted by Crippen LogP contribution is 2.35. The minimum absolute atomic E-state index is 0.0854. The lowest BCUT2D eigenvalue weighted by Gasteiger charge is -2.29. The minimum atomic E-state index is -0.157. The molecule has 2 heteroatoms. The van der Waals surface area contributed by atoms with E-state index in [1.54, 1.807) is 12.1 Å². The van der Waals surface area contributed by atoms with Gasteiger partial charge in [0.05, 0.1) is 0 Å². The van der Waals surface area contributed by atoms with Gasteiger partial charge in [-0.15, -0.1) is 6.58 Å². The Hall–Kier alpha value is -1.15. The van der Waals surface area contributed by atoms with Crippen molar-refractivity contribution in [1.29, 1.82) is 0 Å². The Morgan fingerprint density at radius 3 is 2.82 bits per heavy atom. The lowest BCUT2D eigenvalue weighted by molar-refractivity contribution is 0.332. The maximum Gasteiger partial charge on any atom is 0.123 e. The number of halogens is 1. The average Bonchev–Trinajstić information content (AvgIpc) is 2.79. The lowest BCUT2D eigenvalue weighted by atomic mass is 9.84. The molecule has 0 saturated carbocycles. The van der Waals surface area contributed by atoms with E-state index in [1.165, 1.54) is 6.07 Å². The van der Waals surface area contributed by atoms with Gasteiger partial charge in [-0.05, 0) is 36.0 Å². The third kappa shape index (κ3) is 2.58. The van der Waals surface area contributed by atoms with Gasteiger partial charge in [0.25, 0.3) is 0 Å². The van der Waals surface area contributed by atoms with Gasteiger partial charge in [0, 0.05) is 12.1 Å². The molecule has 2 rings (SSSR count). The van der Waals surface area contributed by atoms with Crippen molar-refractivity contribution in [2.75, 3.05) is 0 Å². The molecule has 0 spiro atoms. The fraction of sp³-hybridized carbons (Fsp3) is 0.467. The first-order valence-corrected chi connectivity index (χ1v) is 6.18. The highest BCUT2D eigenvalue weighted by atomic mass is 19.1. The van der Waals surface area contributed by atoms with Crippen molar-refractivity contribution >= 4 is 0 Å². The third-order valence-corrected chi connectivity index (χ3v) is 3.82. The number of hydrogen-bond acceptors (Lipinski definition) is 1. The molecule has 0 aromatic heterocycles. The molecule has 92 valence electrons. The predicted molar refractivity (Wildman–Crippen MR) is 69.3 cm³/mol. The molecule has 1 aliphatic rings. The van der Waals surface area contributed by atoms with E-state index in [2.05, 4.69) is 25.7 Å². The highest BCUT2D eigenvalue weighted by molar-refractivity contribution is 5.22. The first kappa shape index (κ1) is 12.3. The molecule has 1 unspecified atom stereocenters. The van der Waals surface area contributed by atoms with Crippen LogP contribution < -0.4 is 5.32 Å². The van der Waals surface area contributed by atoms with Crippen LogP contribution in [-0.2, 0) is 0 Å². The molecule has 0 aliphatic carbocycles. The Labute approximate surface area is 103 Å². The molecule has 1 aromatic carbocycles. The molecule has 0 radical (unpaired) electrons. The normalized spacial score (nSPS) is 24.9. The number of nitrogens with one attached hydrogen (secondary N) is 1. The standard InChI is InChI=1S/C15H20FN/c1-4-15(2,3)14-9-8-13(17-14)11-6-5-7-12(16)10-11/h4-7,10,13-14,17H,1,8-9H2,2-3H3/t13-,14?/m0/s1. The zero-order valence-corrected chi connectivity index (χ0v) is 10.5. The second-order valence-electron chi connectivity index (χ2n) is 5.43. The highest BCUT2D eigenvalue weighted by Gasteiger charge is 2.33. The summed E-state index contributed by atoms with van der Waals surface area (Å²) >= 11 is 0. The molecular formula is C15H20FN. The van der Waals surface area contributed by atoms with E-state index < -0.39 is 0 Å². The van der Waals surface area contributed by atoms with E-state index in [0.717, 1.165) is 18.4 Å². The van der Waals surface area contributed by atoms with Crippen LogP contribution in [0.25, 0.3) is 0 Å². The smallest absolute Gasteiger partial charge is 0.123 e. The monoisotopic (exact) mass is 233 g/mol. The first-order valence-electron chi connectivity index (χ1n) is 6.18. The fourth-order valence-electron chi connectivity index (χ4n) is 2.46. The Morgan fingerprint density at radius 1 is 1.41 bits per heavy atom. The Morgan fingerprint density at radius 2 is 2.18 bits per heavy atom. The van der Waals surface area contributed by atoms with E-state index in [1.807, 2.05) is 12.1 Å².